The molecule has 2 aromatic carbocycles. The van der Waals surface area contributed by atoms with Crippen LogP contribution in [0.25, 0.3) is 11.1 Å². The van der Waals surface area contributed by atoms with Crippen LogP contribution in [0.1, 0.15) is 36.3 Å². The molecule has 2 aliphatic carbocycles. The molecule has 1 saturated heterocycles. The van der Waals surface area contributed by atoms with Gasteiger partial charge in [-0.25, -0.2) is 9.59 Å². The minimum Gasteiger partial charge on any atom is -0.480 e. The van der Waals surface area contributed by atoms with E-state index < -0.39 is 12.1 Å². The van der Waals surface area contributed by atoms with Crippen LogP contribution in [0.15, 0.2) is 48.5 Å². The van der Waals surface area contributed by atoms with Gasteiger partial charge < -0.3 is 24.8 Å². The van der Waals surface area contributed by atoms with E-state index in [1.807, 2.05) is 24.3 Å². The van der Waals surface area contributed by atoms with E-state index in [2.05, 4.69) is 29.6 Å². The van der Waals surface area contributed by atoms with Crippen LogP contribution in [-0.4, -0.2) is 66.9 Å². The van der Waals surface area contributed by atoms with Gasteiger partial charge in [0.15, 0.2) is 0 Å². The van der Waals surface area contributed by atoms with Crippen molar-refractivity contribution in [2.45, 2.75) is 31.3 Å². The van der Waals surface area contributed by atoms with Gasteiger partial charge in [0.1, 0.15) is 13.2 Å². The van der Waals surface area contributed by atoms with Crippen molar-refractivity contribution >= 4 is 18.0 Å². The number of ether oxygens (including phenoxy) is 2. The van der Waals surface area contributed by atoms with Crippen LogP contribution in [0, 0.1) is 11.8 Å². The average molecular weight is 479 g/mol. The van der Waals surface area contributed by atoms with E-state index >= 15 is 0 Å². The molecule has 1 heterocycles. The highest BCUT2D eigenvalue weighted by atomic mass is 16.5. The summed E-state index contributed by atoms with van der Waals surface area (Å²) < 4.78 is 10.9. The molecule has 0 radical (unpaired) electrons. The van der Waals surface area contributed by atoms with Gasteiger partial charge in [0.05, 0.1) is 12.0 Å². The van der Waals surface area contributed by atoms with Crippen LogP contribution in [0.4, 0.5) is 4.79 Å². The number of hydrogen-bond donors (Lipinski definition) is 2. The number of aliphatic carboxylic acids is 1. The summed E-state index contributed by atoms with van der Waals surface area (Å²) in [6.07, 6.45) is 2.26. The molecule has 35 heavy (non-hydrogen) atoms. The van der Waals surface area contributed by atoms with Gasteiger partial charge in [-0.05, 0) is 41.0 Å². The van der Waals surface area contributed by atoms with E-state index in [1.165, 1.54) is 11.1 Å². The molecule has 5 rings (SSSR count). The Labute approximate surface area is 204 Å². The lowest BCUT2D eigenvalue weighted by Gasteiger charge is -2.43. The van der Waals surface area contributed by atoms with Gasteiger partial charge in [-0.3, -0.25) is 4.79 Å². The van der Waals surface area contributed by atoms with Crippen LogP contribution >= 0.6 is 0 Å². The first-order valence-corrected chi connectivity index (χ1v) is 12.2. The zero-order chi connectivity index (χ0) is 24.4. The molecule has 2 N–H and O–H groups in total. The predicted molar refractivity (Wildman–Crippen MR) is 128 cm³/mol. The fourth-order valence-electron chi connectivity index (χ4n) is 5.29. The van der Waals surface area contributed by atoms with Gasteiger partial charge >= 0.3 is 12.1 Å². The summed E-state index contributed by atoms with van der Waals surface area (Å²) in [5.41, 5.74) is 4.66. The number of benzene rings is 2. The van der Waals surface area contributed by atoms with E-state index in [0.717, 1.165) is 30.4 Å². The molecule has 1 unspecified atom stereocenters. The zero-order valence-electron chi connectivity index (χ0n) is 19.5. The van der Waals surface area contributed by atoms with Crippen LogP contribution in [0.2, 0.25) is 0 Å². The fourth-order valence-corrected chi connectivity index (χ4v) is 5.29. The van der Waals surface area contributed by atoms with Crippen LogP contribution < -0.4 is 5.32 Å². The van der Waals surface area contributed by atoms with E-state index in [-0.39, 0.29) is 49.5 Å². The average Bonchev–Trinajstić information content (AvgIpc) is 3.11. The Morgan fingerprint density at radius 3 is 2.20 bits per heavy atom. The molecule has 184 valence electrons. The quantitative estimate of drug-likeness (QED) is 0.573. The molecule has 2 amide bonds. The first-order valence-electron chi connectivity index (χ1n) is 12.2. The van der Waals surface area contributed by atoms with Crippen molar-refractivity contribution in [1.29, 1.82) is 0 Å². The SMILES string of the molecule is O=C(O)COC1CN(C(=O)C(CNC(=O)OCC2c3ccccc3-c3ccccc32)C2CCC2)C1. The van der Waals surface area contributed by atoms with Crippen molar-refractivity contribution in [2.75, 3.05) is 32.8 Å². The van der Waals surface area contributed by atoms with E-state index in [1.54, 1.807) is 4.90 Å². The normalized spacial score (nSPS) is 18.1. The molecule has 0 spiro atoms. The standard InChI is InChI=1S/C27H30N2O6/c30-25(31)16-34-18-13-29(14-18)26(32)23(17-6-5-7-17)12-28-27(33)35-15-24-21-10-3-1-8-19(21)20-9-2-4-11-22(20)24/h1-4,8-11,17-18,23-24H,5-7,12-16H2,(H,28,33)(H,30,31). The number of fused-ring (bicyclic) bond motifs is 3. The summed E-state index contributed by atoms with van der Waals surface area (Å²) in [7, 11) is 0. The third-order valence-corrected chi connectivity index (χ3v) is 7.45. The molecule has 3 aliphatic rings. The number of hydrogen-bond acceptors (Lipinski definition) is 5. The van der Waals surface area contributed by atoms with Gasteiger partial charge in [-0.2, -0.15) is 0 Å². The molecular formula is C27H30N2O6. The van der Waals surface area contributed by atoms with E-state index in [9.17, 15) is 14.4 Å². The van der Waals surface area contributed by atoms with Crippen molar-refractivity contribution in [1.82, 2.24) is 10.2 Å². The van der Waals surface area contributed by atoms with Crippen molar-refractivity contribution in [3.63, 3.8) is 0 Å². The molecule has 0 bridgehead atoms. The Hall–Kier alpha value is -3.39. The van der Waals surface area contributed by atoms with Crippen LogP contribution in [0.5, 0.6) is 0 Å². The second-order valence-electron chi connectivity index (χ2n) is 9.57. The zero-order valence-corrected chi connectivity index (χ0v) is 19.5. The number of carboxylic acids is 1. The van der Waals surface area contributed by atoms with Crippen molar-refractivity contribution in [3.05, 3.63) is 59.7 Å². The molecule has 8 nitrogen and oxygen atoms in total. The van der Waals surface area contributed by atoms with Gasteiger partial charge in [0.25, 0.3) is 0 Å². The molecular weight excluding hydrogens is 448 g/mol. The number of carbonyl (C=O) groups is 3. The number of rotatable bonds is 9. The number of carboxylic acid groups (broad SMARTS) is 1. The Balaban J connectivity index is 1.14. The van der Waals surface area contributed by atoms with Crippen LogP contribution in [0.3, 0.4) is 0 Å². The lowest BCUT2D eigenvalue weighted by Crippen LogP contribution is -2.58. The maximum Gasteiger partial charge on any atom is 0.407 e. The smallest absolute Gasteiger partial charge is 0.407 e. The first kappa shape index (κ1) is 23.4. The molecule has 1 saturated carbocycles. The molecule has 1 aliphatic heterocycles. The minimum atomic E-state index is -1.02. The highest BCUT2D eigenvalue weighted by molar-refractivity contribution is 5.81. The van der Waals surface area contributed by atoms with Crippen molar-refractivity contribution < 1.29 is 29.0 Å². The Bertz CT molecular complexity index is 1060. The van der Waals surface area contributed by atoms with Crippen molar-refractivity contribution in [2.24, 2.45) is 11.8 Å². The molecule has 2 aromatic rings. The number of likely N-dealkylation sites (tertiary alicyclic amines) is 1. The highest BCUT2D eigenvalue weighted by Gasteiger charge is 2.40. The third kappa shape index (κ3) is 4.89. The van der Waals surface area contributed by atoms with Gasteiger partial charge in [-0.1, -0.05) is 55.0 Å². The second kappa shape index (κ2) is 10.1. The minimum absolute atomic E-state index is 0.0103. The van der Waals surface area contributed by atoms with Crippen LogP contribution in [-0.2, 0) is 19.1 Å². The number of carbonyl (C=O) groups excluding carboxylic acids is 2. The Morgan fingerprint density at radius 2 is 1.63 bits per heavy atom. The number of nitrogens with one attached hydrogen (secondary N) is 1. The maximum absolute atomic E-state index is 13.1. The Kier molecular flexibility index (Phi) is 6.72. The summed E-state index contributed by atoms with van der Waals surface area (Å²) in [4.78, 5) is 38.0. The number of nitrogens with zero attached hydrogens (tertiary/aromatic N) is 1. The molecule has 0 aromatic heterocycles. The predicted octanol–water partition coefficient (Wildman–Crippen LogP) is 3.25. The highest BCUT2D eigenvalue weighted by Crippen LogP contribution is 2.44. The summed E-state index contributed by atoms with van der Waals surface area (Å²) in [5.74, 6) is -1.10. The number of alkyl carbamates (subject to hydrolysis) is 1. The summed E-state index contributed by atoms with van der Waals surface area (Å²) >= 11 is 0. The van der Waals surface area contributed by atoms with Gasteiger partial charge in [0.2, 0.25) is 5.91 Å². The van der Waals surface area contributed by atoms with Gasteiger partial charge in [0, 0.05) is 25.6 Å². The third-order valence-electron chi connectivity index (χ3n) is 7.45. The van der Waals surface area contributed by atoms with Gasteiger partial charge in [-0.15, -0.1) is 0 Å². The first-order chi connectivity index (χ1) is 17.0. The largest absolute Gasteiger partial charge is 0.480 e. The summed E-state index contributed by atoms with van der Waals surface area (Å²) in [6, 6.07) is 16.4. The second-order valence-corrected chi connectivity index (χ2v) is 9.57. The maximum atomic E-state index is 13.1. The topological polar surface area (TPSA) is 105 Å². The number of amides is 2. The summed E-state index contributed by atoms with van der Waals surface area (Å²) in [5, 5.41) is 11.6. The molecule has 2 fully saturated rings. The monoisotopic (exact) mass is 478 g/mol. The van der Waals surface area contributed by atoms with E-state index in [0.29, 0.717) is 13.1 Å². The Morgan fingerprint density at radius 1 is 1.00 bits per heavy atom. The lowest BCUT2D eigenvalue weighted by atomic mass is 9.75. The van der Waals surface area contributed by atoms with Crippen molar-refractivity contribution in [3.8, 4) is 11.1 Å². The molecule has 1 atom stereocenters. The fraction of sp³-hybridized carbons (Fsp3) is 0.444. The lowest BCUT2D eigenvalue weighted by molar-refractivity contribution is -0.158. The summed E-state index contributed by atoms with van der Waals surface area (Å²) in [6.45, 7) is 0.886. The molecule has 8 heteroatoms. The van der Waals surface area contributed by atoms with E-state index in [4.69, 9.17) is 14.6 Å².